The highest BCUT2D eigenvalue weighted by Gasteiger charge is 2.27. The number of pyridine rings is 1. The van der Waals surface area contributed by atoms with Gasteiger partial charge in [0, 0.05) is 30.9 Å². The van der Waals surface area contributed by atoms with Crippen LogP contribution in [0.4, 0.5) is 4.39 Å². The molecule has 0 radical (unpaired) electrons. The number of amides is 1. The number of rotatable bonds is 5. The quantitative estimate of drug-likeness (QED) is 0.770. The van der Waals surface area contributed by atoms with Gasteiger partial charge in [0.1, 0.15) is 11.6 Å². The van der Waals surface area contributed by atoms with Gasteiger partial charge in [-0.2, -0.15) is 0 Å². The van der Waals surface area contributed by atoms with E-state index in [1.54, 1.807) is 30.5 Å². The van der Waals surface area contributed by atoms with Crippen molar-refractivity contribution in [1.82, 2.24) is 15.6 Å². The second kappa shape index (κ2) is 7.37. The van der Waals surface area contributed by atoms with E-state index in [-0.39, 0.29) is 12.5 Å². The second-order valence-corrected chi connectivity index (χ2v) is 5.60. The zero-order valence-corrected chi connectivity index (χ0v) is 12.9. The van der Waals surface area contributed by atoms with Gasteiger partial charge in [-0.1, -0.05) is 12.1 Å². The number of β-amino-alcohol motifs (C(OH)–C–C–N with tert-alkyl or cyclic N) is 1. The van der Waals surface area contributed by atoms with Crippen LogP contribution >= 0.6 is 0 Å². The predicted molar refractivity (Wildman–Crippen MR) is 85.0 cm³/mol. The molecule has 2 heterocycles. The van der Waals surface area contributed by atoms with Gasteiger partial charge in [0.25, 0.3) is 0 Å². The van der Waals surface area contributed by atoms with Gasteiger partial charge in [-0.25, -0.2) is 9.37 Å². The van der Waals surface area contributed by atoms with Crippen molar-refractivity contribution in [1.29, 1.82) is 0 Å². The largest absolute Gasteiger partial charge is 0.439 e. The van der Waals surface area contributed by atoms with Crippen molar-refractivity contribution in [3.63, 3.8) is 0 Å². The lowest BCUT2D eigenvalue weighted by molar-refractivity contribution is -0.123. The third-order valence-corrected chi connectivity index (χ3v) is 3.74. The summed E-state index contributed by atoms with van der Waals surface area (Å²) in [6, 6.07) is 8.88. The summed E-state index contributed by atoms with van der Waals surface area (Å²) >= 11 is 0. The van der Waals surface area contributed by atoms with Crippen molar-refractivity contribution >= 4 is 5.91 Å². The van der Waals surface area contributed by atoms with Gasteiger partial charge >= 0.3 is 0 Å². The highest BCUT2D eigenvalue weighted by Crippen LogP contribution is 2.23. The number of nitrogens with zero attached hydrogens (tertiary/aromatic N) is 1. The van der Waals surface area contributed by atoms with E-state index in [1.165, 1.54) is 12.1 Å². The minimum atomic E-state index is -0.494. The van der Waals surface area contributed by atoms with Gasteiger partial charge in [0.05, 0.1) is 12.1 Å². The first-order valence-corrected chi connectivity index (χ1v) is 7.68. The van der Waals surface area contributed by atoms with Crippen LogP contribution < -0.4 is 15.4 Å². The molecule has 24 heavy (non-hydrogen) atoms. The Balaban J connectivity index is 1.65. The summed E-state index contributed by atoms with van der Waals surface area (Å²) in [7, 11) is 0. The lowest BCUT2D eigenvalue weighted by Gasteiger charge is -2.13. The Morgan fingerprint density at radius 2 is 2.29 bits per heavy atom. The fourth-order valence-corrected chi connectivity index (χ4v) is 2.51. The van der Waals surface area contributed by atoms with Crippen molar-refractivity contribution < 1.29 is 19.0 Å². The Hall–Kier alpha value is -2.51. The van der Waals surface area contributed by atoms with Crippen LogP contribution in [-0.4, -0.2) is 34.7 Å². The van der Waals surface area contributed by atoms with Crippen LogP contribution in [0, 0.1) is 5.82 Å². The lowest BCUT2D eigenvalue weighted by Crippen LogP contribution is -2.40. The molecule has 3 rings (SSSR count). The van der Waals surface area contributed by atoms with Crippen LogP contribution in [0.1, 0.15) is 12.0 Å². The summed E-state index contributed by atoms with van der Waals surface area (Å²) in [5.41, 5.74) is 0.675. The third-order valence-electron chi connectivity index (χ3n) is 3.74. The standard InChI is InChI=1S/C17H18FN3O3/c18-12-4-1-5-14(7-12)24-17-11(3-2-6-19-17)9-21-16(23)15-8-13(22)10-20-15/h1-7,13,15,20,22H,8-10H2,(H,21,23). The Kier molecular flexibility index (Phi) is 5.02. The fraction of sp³-hybridized carbons (Fsp3) is 0.294. The predicted octanol–water partition coefficient (Wildman–Crippen LogP) is 1.35. The number of aromatic nitrogens is 1. The molecule has 1 aliphatic rings. The maximum Gasteiger partial charge on any atom is 0.237 e. The number of nitrogens with one attached hydrogen (secondary N) is 2. The number of aliphatic hydroxyl groups excluding tert-OH is 1. The molecule has 2 unspecified atom stereocenters. The van der Waals surface area contributed by atoms with Gasteiger partial charge in [-0.3, -0.25) is 4.79 Å². The van der Waals surface area contributed by atoms with Gasteiger partial charge in [0.15, 0.2) is 0 Å². The van der Waals surface area contributed by atoms with Gasteiger partial charge in [0.2, 0.25) is 11.8 Å². The van der Waals surface area contributed by atoms with Crippen LogP contribution in [-0.2, 0) is 11.3 Å². The molecule has 1 aromatic carbocycles. The van der Waals surface area contributed by atoms with Crippen LogP contribution in [0.3, 0.4) is 0 Å². The monoisotopic (exact) mass is 331 g/mol. The molecule has 6 nitrogen and oxygen atoms in total. The molecule has 2 atom stereocenters. The highest BCUT2D eigenvalue weighted by atomic mass is 19.1. The molecule has 0 spiro atoms. The summed E-state index contributed by atoms with van der Waals surface area (Å²) in [6.07, 6.45) is 1.46. The van der Waals surface area contributed by atoms with E-state index in [0.29, 0.717) is 30.2 Å². The smallest absolute Gasteiger partial charge is 0.237 e. The Bertz CT molecular complexity index is 726. The minimum absolute atomic E-state index is 0.188. The number of ether oxygens (including phenoxy) is 1. The molecule has 0 saturated carbocycles. The Morgan fingerprint density at radius 1 is 1.42 bits per heavy atom. The lowest BCUT2D eigenvalue weighted by atomic mass is 10.2. The molecular formula is C17H18FN3O3. The second-order valence-electron chi connectivity index (χ2n) is 5.60. The first-order valence-electron chi connectivity index (χ1n) is 7.68. The average Bonchev–Trinajstić information content (AvgIpc) is 3.00. The third kappa shape index (κ3) is 4.06. The summed E-state index contributed by atoms with van der Waals surface area (Å²) in [6.45, 7) is 0.643. The van der Waals surface area contributed by atoms with Crippen molar-refractivity contribution in [2.45, 2.75) is 25.1 Å². The molecule has 1 aromatic heterocycles. The van der Waals surface area contributed by atoms with E-state index in [0.717, 1.165) is 0 Å². The summed E-state index contributed by atoms with van der Waals surface area (Å²) in [5.74, 6) is 0.0564. The molecule has 3 N–H and O–H groups in total. The van der Waals surface area contributed by atoms with E-state index < -0.39 is 18.0 Å². The SMILES string of the molecule is O=C(NCc1cccnc1Oc1cccc(F)c1)C1CC(O)CN1. The minimum Gasteiger partial charge on any atom is -0.439 e. The molecular weight excluding hydrogens is 313 g/mol. The van der Waals surface area contributed by atoms with E-state index >= 15 is 0 Å². The first-order chi connectivity index (χ1) is 11.6. The molecule has 7 heteroatoms. The number of halogens is 1. The van der Waals surface area contributed by atoms with Crippen molar-refractivity contribution in [3.05, 3.63) is 54.0 Å². The molecule has 2 aromatic rings. The number of benzene rings is 1. The van der Waals surface area contributed by atoms with Crippen molar-refractivity contribution in [2.24, 2.45) is 0 Å². The molecule has 0 bridgehead atoms. The van der Waals surface area contributed by atoms with E-state index in [1.807, 2.05) is 0 Å². The van der Waals surface area contributed by atoms with Crippen molar-refractivity contribution in [2.75, 3.05) is 6.54 Å². The number of aliphatic hydroxyl groups is 1. The number of carbonyl (C=O) groups excluding carboxylic acids is 1. The first kappa shape index (κ1) is 16.4. The van der Waals surface area contributed by atoms with Gasteiger partial charge in [-0.15, -0.1) is 0 Å². The maximum atomic E-state index is 13.2. The highest BCUT2D eigenvalue weighted by molar-refractivity contribution is 5.82. The summed E-state index contributed by atoms with van der Waals surface area (Å²) in [5, 5.41) is 15.2. The van der Waals surface area contributed by atoms with E-state index in [2.05, 4.69) is 15.6 Å². The Morgan fingerprint density at radius 3 is 3.04 bits per heavy atom. The average molecular weight is 331 g/mol. The zero-order chi connectivity index (χ0) is 16.9. The summed E-state index contributed by atoms with van der Waals surface area (Å²) in [4.78, 5) is 16.2. The fourth-order valence-electron chi connectivity index (χ4n) is 2.51. The van der Waals surface area contributed by atoms with Crippen molar-refractivity contribution in [3.8, 4) is 11.6 Å². The Labute approximate surface area is 138 Å². The van der Waals surface area contributed by atoms with Crippen LogP contribution in [0.2, 0.25) is 0 Å². The van der Waals surface area contributed by atoms with Gasteiger partial charge < -0.3 is 20.5 Å². The van der Waals surface area contributed by atoms with Crippen LogP contribution in [0.25, 0.3) is 0 Å². The molecule has 1 aliphatic heterocycles. The maximum absolute atomic E-state index is 13.2. The van der Waals surface area contributed by atoms with Gasteiger partial charge in [-0.05, 0) is 24.6 Å². The summed E-state index contributed by atoms with van der Waals surface area (Å²) < 4.78 is 18.9. The number of hydrogen-bond acceptors (Lipinski definition) is 5. The molecule has 0 aliphatic carbocycles. The number of hydrogen-bond donors (Lipinski definition) is 3. The molecule has 1 saturated heterocycles. The topological polar surface area (TPSA) is 83.5 Å². The molecule has 126 valence electrons. The number of carbonyl (C=O) groups is 1. The zero-order valence-electron chi connectivity index (χ0n) is 12.9. The molecule has 1 amide bonds. The van der Waals surface area contributed by atoms with E-state index in [4.69, 9.17) is 4.74 Å². The van der Waals surface area contributed by atoms with Crippen LogP contribution in [0.5, 0.6) is 11.6 Å². The normalized spacial score (nSPS) is 19.9. The van der Waals surface area contributed by atoms with E-state index in [9.17, 15) is 14.3 Å². The van der Waals surface area contributed by atoms with Crippen LogP contribution in [0.15, 0.2) is 42.6 Å². The molecule has 1 fully saturated rings.